The summed E-state index contributed by atoms with van der Waals surface area (Å²) in [6.07, 6.45) is 6.48. The summed E-state index contributed by atoms with van der Waals surface area (Å²) >= 11 is 4.92. The van der Waals surface area contributed by atoms with Crippen LogP contribution in [0.25, 0.3) is 0 Å². The SMILES string of the molecule is NC(=S)c1cccc(CS(=O)(=O)NC2CCCCCC2)c1. The first-order chi connectivity index (χ1) is 9.96. The molecule has 1 aromatic rings. The van der Waals surface area contributed by atoms with Gasteiger partial charge in [0, 0.05) is 11.6 Å². The lowest BCUT2D eigenvalue weighted by Gasteiger charge is -2.16. The molecule has 1 saturated carbocycles. The van der Waals surface area contributed by atoms with Crippen LogP contribution in [-0.2, 0) is 15.8 Å². The van der Waals surface area contributed by atoms with Crippen molar-refractivity contribution < 1.29 is 8.42 Å². The summed E-state index contributed by atoms with van der Waals surface area (Å²) in [6.45, 7) is 0. The van der Waals surface area contributed by atoms with E-state index in [1.165, 1.54) is 12.8 Å². The maximum Gasteiger partial charge on any atom is 0.216 e. The Bertz CT molecular complexity index is 591. The van der Waals surface area contributed by atoms with Gasteiger partial charge in [-0.25, -0.2) is 13.1 Å². The zero-order valence-corrected chi connectivity index (χ0v) is 13.7. The molecule has 116 valence electrons. The van der Waals surface area contributed by atoms with Gasteiger partial charge in [-0.2, -0.15) is 0 Å². The zero-order valence-electron chi connectivity index (χ0n) is 12.0. The van der Waals surface area contributed by atoms with Crippen LogP contribution in [0, 0.1) is 0 Å². The summed E-state index contributed by atoms with van der Waals surface area (Å²) < 4.78 is 27.4. The van der Waals surface area contributed by atoms with Crippen molar-refractivity contribution in [2.75, 3.05) is 0 Å². The second-order valence-electron chi connectivity index (χ2n) is 5.63. The first-order valence-corrected chi connectivity index (χ1v) is 9.41. The van der Waals surface area contributed by atoms with Crippen LogP contribution >= 0.6 is 12.2 Å². The lowest BCUT2D eigenvalue weighted by Crippen LogP contribution is -2.35. The third-order valence-corrected chi connectivity index (χ3v) is 5.41. The van der Waals surface area contributed by atoms with E-state index in [9.17, 15) is 8.42 Å². The molecule has 0 saturated heterocycles. The van der Waals surface area contributed by atoms with Crippen molar-refractivity contribution in [2.45, 2.75) is 50.3 Å². The molecule has 0 atom stereocenters. The van der Waals surface area contributed by atoms with Crippen molar-refractivity contribution in [3.05, 3.63) is 35.4 Å². The molecule has 0 radical (unpaired) electrons. The number of thiocarbonyl (C=S) groups is 1. The molecule has 3 N–H and O–H groups in total. The molecule has 21 heavy (non-hydrogen) atoms. The molecule has 1 fully saturated rings. The van der Waals surface area contributed by atoms with Gasteiger partial charge in [-0.15, -0.1) is 0 Å². The largest absolute Gasteiger partial charge is 0.389 e. The van der Waals surface area contributed by atoms with Gasteiger partial charge < -0.3 is 5.73 Å². The molecular weight excluding hydrogens is 304 g/mol. The van der Waals surface area contributed by atoms with Crippen molar-refractivity contribution >= 4 is 27.2 Å². The lowest BCUT2D eigenvalue weighted by molar-refractivity contribution is 0.509. The molecule has 1 aliphatic carbocycles. The number of benzene rings is 1. The Morgan fingerprint density at radius 2 is 1.90 bits per heavy atom. The highest BCUT2D eigenvalue weighted by atomic mass is 32.2. The van der Waals surface area contributed by atoms with Gasteiger partial charge in [-0.3, -0.25) is 0 Å². The standard InChI is InChI=1S/C15H22N2O2S2/c16-15(20)13-7-5-6-12(10-13)11-21(18,19)17-14-8-3-1-2-4-9-14/h5-7,10,14,17H,1-4,8-9,11H2,(H2,16,20). The molecule has 0 unspecified atom stereocenters. The van der Waals surface area contributed by atoms with Crippen LogP contribution in [0.15, 0.2) is 24.3 Å². The number of hydrogen-bond acceptors (Lipinski definition) is 3. The maximum atomic E-state index is 12.3. The van der Waals surface area contributed by atoms with Gasteiger partial charge in [0.1, 0.15) is 4.99 Å². The Hall–Kier alpha value is -0.980. The van der Waals surface area contributed by atoms with Crippen LogP contribution in [0.4, 0.5) is 0 Å². The summed E-state index contributed by atoms with van der Waals surface area (Å²) in [5.74, 6) is -0.0278. The molecule has 0 aliphatic heterocycles. The molecular formula is C15H22N2O2S2. The molecule has 6 heteroatoms. The highest BCUT2D eigenvalue weighted by Gasteiger charge is 2.19. The fourth-order valence-electron chi connectivity index (χ4n) is 2.73. The van der Waals surface area contributed by atoms with E-state index in [1.807, 2.05) is 0 Å². The Kier molecular flexibility index (Phi) is 5.72. The molecule has 0 heterocycles. The van der Waals surface area contributed by atoms with Gasteiger partial charge >= 0.3 is 0 Å². The van der Waals surface area contributed by atoms with Crippen molar-refractivity contribution in [1.82, 2.24) is 4.72 Å². The maximum absolute atomic E-state index is 12.3. The summed E-state index contributed by atoms with van der Waals surface area (Å²) in [6, 6.07) is 7.18. The minimum absolute atomic E-state index is 0.0278. The number of sulfonamides is 1. The van der Waals surface area contributed by atoms with Crippen LogP contribution in [0.3, 0.4) is 0 Å². The quantitative estimate of drug-likeness (QED) is 0.644. The molecule has 1 aromatic carbocycles. The van der Waals surface area contributed by atoms with Crippen LogP contribution in [0.1, 0.15) is 49.7 Å². The van der Waals surface area contributed by atoms with E-state index < -0.39 is 10.0 Å². The molecule has 0 aromatic heterocycles. The average Bonchev–Trinajstić information content (AvgIpc) is 2.66. The third kappa shape index (κ3) is 5.37. The summed E-state index contributed by atoms with van der Waals surface area (Å²) in [5, 5.41) is 0. The Morgan fingerprint density at radius 3 is 2.52 bits per heavy atom. The Balaban J connectivity index is 2.03. The summed E-state index contributed by atoms with van der Waals surface area (Å²) in [7, 11) is -3.33. The van der Waals surface area contributed by atoms with Crippen LogP contribution in [-0.4, -0.2) is 19.4 Å². The van der Waals surface area contributed by atoms with Gasteiger partial charge in [0.2, 0.25) is 10.0 Å². The minimum Gasteiger partial charge on any atom is -0.389 e. The lowest BCUT2D eigenvalue weighted by atomic mass is 10.1. The molecule has 0 bridgehead atoms. The third-order valence-electron chi connectivity index (χ3n) is 3.77. The molecule has 0 spiro atoms. The number of rotatable bonds is 5. The first-order valence-electron chi connectivity index (χ1n) is 7.35. The van der Waals surface area contributed by atoms with Gasteiger partial charge in [-0.05, 0) is 24.5 Å². The minimum atomic E-state index is -3.33. The van der Waals surface area contributed by atoms with E-state index in [0.717, 1.165) is 25.7 Å². The molecule has 2 rings (SSSR count). The van der Waals surface area contributed by atoms with Crippen molar-refractivity contribution in [2.24, 2.45) is 5.73 Å². The predicted molar refractivity (Wildman–Crippen MR) is 89.6 cm³/mol. The summed E-state index contributed by atoms with van der Waals surface area (Å²) in [5.41, 5.74) is 6.99. The zero-order chi connectivity index (χ0) is 15.3. The van der Waals surface area contributed by atoms with Crippen LogP contribution < -0.4 is 10.5 Å². The average molecular weight is 326 g/mol. The fourth-order valence-corrected chi connectivity index (χ4v) is 4.30. The van der Waals surface area contributed by atoms with Crippen molar-refractivity contribution in [3.8, 4) is 0 Å². The topological polar surface area (TPSA) is 72.2 Å². The highest BCUT2D eigenvalue weighted by molar-refractivity contribution is 7.88. The fraction of sp³-hybridized carbons (Fsp3) is 0.533. The highest BCUT2D eigenvalue weighted by Crippen LogP contribution is 2.18. The molecule has 0 amide bonds. The monoisotopic (exact) mass is 326 g/mol. The van der Waals surface area contributed by atoms with Crippen LogP contribution in [0.5, 0.6) is 0 Å². The normalized spacial score (nSPS) is 17.3. The molecule has 1 aliphatic rings. The van der Waals surface area contributed by atoms with Gasteiger partial charge in [0.15, 0.2) is 0 Å². The first kappa shape index (κ1) is 16.4. The van der Waals surface area contributed by atoms with E-state index in [1.54, 1.807) is 24.3 Å². The van der Waals surface area contributed by atoms with E-state index in [2.05, 4.69) is 4.72 Å². The number of nitrogens with two attached hydrogens (primary N) is 1. The number of hydrogen-bond donors (Lipinski definition) is 2. The van der Waals surface area contributed by atoms with E-state index in [4.69, 9.17) is 18.0 Å². The van der Waals surface area contributed by atoms with E-state index >= 15 is 0 Å². The molecule has 4 nitrogen and oxygen atoms in total. The predicted octanol–water partition coefficient (Wildman–Crippen LogP) is 2.46. The smallest absolute Gasteiger partial charge is 0.216 e. The van der Waals surface area contributed by atoms with Crippen molar-refractivity contribution in [1.29, 1.82) is 0 Å². The van der Waals surface area contributed by atoms with E-state index in [0.29, 0.717) is 11.1 Å². The van der Waals surface area contributed by atoms with E-state index in [-0.39, 0.29) is 16.8 Å². The number of nitrogens with one attached hydrogen (secondary N) is 1. The second kappa shape index (κ2) is 7.33. The Labute approximate surface area is 132 Å². The Morgan fingerprint density at radius 1 is 1.24 bits per heavy atom. The summed E-state index contributed by atoms with van der Waals surface area (Å²) in [4.78, 5) is 0.283. The van der Waals surface area contributed by atoms with Gasteiger partial charge in [-0.1, -0.05) is 56.1 Å². The van der Waals surface area contributed by atoms with Crippen molar-refractivity contribution in [3.63, 3.8) is 0 Å². The van der Waals surface area contributed by atoms with Crippen LogP contribution in [0.2, 0.25) is 0 Å². The second-order valence-corrected chi connectivity index (χ2v) is 7.82. The van der Waals surface area contributed by atoms with Gasteiger partial charge in [0.25, 0.3) is 0 Å². The van der Waals surface area contributed by atoms with Gasteiger partial charge in [0.05, 0.1) is 5.75 Å².